The molecular weight excluding hydrogens is 160 g/mol. The van der Waals surface area contributed by atoms with Gasteiger partial charge in [0.1, 0.15) is 0 Å². The molecule has 1 fully saturated rings. The van der Waals surface area contributed by atoms with E-state index in [4.69, 9.17) is 19.6 Å². The molecule has 1 aliphatic heterocycles. The first-order valence-electron chi connectivity index (χ1n) is 4.27. The van der Waals surface area contributed by atoms with Gasteiger partial charge in [0.05, 0.1) is 0 Å². The SMILES string of the molecule is CCC1(C)OOC(C)(CC)OO1. The lowest BCUT2D eigenvalue weighted by Gasteiger charge is -2.38. The van der Waals surface area contributed by atoms with Gasteiger partial charge >= 0.3 is 0 Å². The van der Waals surface area contributed by atoms with E-state index in [9.17, 15) is 0 Å². The van der Waals surface area contributed by atoms with E-state index in [0.717, 1.165) is 0 Å². The summed E-state index contributed by atoms with van der Waals surface area (Å²) in [5, 5.41) is 0. The lowest BCUT2D eigenvalue weighted by Crippen LogP contribution is -2.47. The Labute approximate surface area is 72.6 Å². The highest BCUT2D eigenvalue weighted by Crippen LogP contribution is 2.31. The fourth-order valence-electron chi connectivity index (χ4n) is 0.616. The van der Waals surface area contributed by atoms with Gasteiger partial charge in [0.2, 0.25) is 11.6 Å². The Balaban J connectivity index is 2.49. The summed E-state index contributed by atoms with van der Waals surface area (Å²) in [5.41, 5.74) is 0. The van der Waals surface area contributed by atoms with Crippen LogP contribution in [0.4, 0.5) is 0 Å². The zero-order chi connectivity index (χ0) is 9.24. The lowest BCUT2D eigenvalue weighted by atomic mass is 10.2. The first kappa shape index (κ1) is 9.92. The van der Waals surface area contributed by atoms with Crippen molar-refractivity contribution >= 4 is 0 Å². The van der Waals surface area contributed by atoms with Gasteiger partial charge in [0.15, 0.2) is 0 Å². The monoisotopic (exact) mass is 176 g/mol. The highest BCUT2D eigenvalue weighted by atomic mass is 17.4. The van der Waals surface area contributed by atoms with Crippen molar-refractivity contribution in [2.24, 2.45) is 0 Å². The van der Waals surface area contributed by atoms with Crippen LogP contribution in [-0.2, 0) is 19.6 Å². The molecule has 0 saturated carbocycles. The summed E-state index contributed by atoms with van der Waals surface area (Å²) in [5.74, 6) is -1.54. The van der Waals surface area contributed by atoms with Gasteiger partial charge in [-0.3, -0.25) is 0 Å². The van der Waals surface area contributed by atoms with E-state index in [1.807, 2.05) is 13.8 Å². The second-order valence-corrected chi connectivity index (χ2v) is 3.31. The Hall–Kier alpha value is -0.160. The minimum absolute atomic E-state index is 0.673. The van der Waals surface area contributed by atoms with Crippen LogP contribution in [0.1, 0.15) is 40.5 Å². The fourth-order valence-corrected chi connectivity index (χ4v) is 0.616. The first-order valence-corrected chi connectivity index (χ1v) is 4.27. The van der Waals surface area contributed by atoms with E-state index >= 15 is 0 Å². The third-order valence-corrected chi connectivity index (χ3v) is 2.07. The molecule has 1 aliphatic rings. The normalized spacial score (nSPS) is 43.0. The zero-order valence-electron chi connectivity index (χ0n) is 8.05. The van der Waals surface area contributed by atoms with Gasteiger partial charge in [-0.25, -0.2) is 0 Å². The minimum atomic E-state index is -0.769. The summed E-state index contributed by atoms with van der Waals surface area (Å²) in [6.07, 6.45) is 1.35. The van der Waals surface area contributed by atoms with Crippen molar-refractivity contribution < 1.29 is 19.6 Å². The second-order valence-electron chi connectivity index (χ2n) is 3.31. The van der Waals surface area contributed by atoms with E-state index in [1.165, 1.54) is 0 Å². The fraction of sp³-hybridized carbons (Fsp3) is 1.00. The standard InChI is InChI=1S/C8H16O4/c1-5-7(3)9-11-8(4,6-2)12-10-7/h5-6H2,1-4H3. The molecule has 0 bridgehead atoms. The molecule has 0 aromatic rings. The maximum atomic E-state index is 5.07. The van der Waals surface area contributed by atoms with Crippen molar-refractivity contribution in [3.63, 3.8) is 0 Å². The van der Waals surface area contributed by atoms with Crippen LogP contribution in [0.25, 0.3) is 0 Å². The van der Waals surface area contributed by atoms with Gasteiger partial charge in [0, 0.05) is 12.8 Å². The Morgan fingerprint density at radius 1 is 0.750 bits per heavy atom. The summed E-state index contributed by atoms with van der Waals surface area (Å²) in [4.78, 5) is 20.3. The van der Waals surface area contributed by atoms with Crippen molar-refractivity contribution in [3.05, 3.63) is 0 Å². The van der Waals surface area contributed by atoms with Crippen LogP contribution < -0.4 is 0 Å². The molecule has 0 unspecified atom stereocenters. The molecule has 0 aliphatic carbocycles. The molecule has 1 heterocycles. The smallest absolute Gasteiger partial charge is 0.195 e. The molecule has 1 saturated heterocycles. The van der Waals surface area contributed by atoms with Gasteiger partial charge in [-0.2, -0.15) is 19.6 Å². The van der Waals surface area contributed by atoms with Crippen LogP contribution in [-0.4, -0.2) is 11.6 Å². The van der Waals surface area contributed by atoms with Gasteiger partial charge in [-0.05, 0) is 13.8 Å². The molecule has 4 heteroatoms. The first-order chi connectivity index (χ1) is 5.54. The Morgan fingerprint density at radius 2 is 1.00 bits per heavy atom. The van der Waals surface area contributed by atoms with Crippen LogP contribution in [0.5, 0.6) is 0 Å². The minimum Gasteiger partial charge on any atom is -0.195 e. The Bertz CT molecular complexity index is 131. The quantitative estimate of drug-likeness (QED) is 0.604. The molecule has 4 nitrogen and oxygen atoms in total. The predicted octanol–water partition coefficient (Wildman–Crippen LogP) is 2.15. The average Bonchev–Trinajstić information content (AvgIpc) is 2.11. The van der Waals surface area contributed by atoms with E-state index < -0.39 is 11.6 Å². The molecule has 0 spiro atoms. The van der Waals surface area contributed by atoms with E-state index in [1.54, 1.807) is 13.8 Å². The van der Waals surface area contributed by atoms with E-state index in [-0.39, 0.29) is 0 Å². The van der Waals surface area contributed by atoms with Crippen molar-refractivity contribution in [3.8, 4) is 0 Å². The van der Waals surface area contributed by atoms with Crippen LogP contribution in [0, 0.1) is 0 Å². The highest BCUT2D eigenvalue weighted by Gasteiger charge is 2.41. The second kappa shape index (κ2) is 3.30. The third kappa shape index (κ3) is 1.95. The van der Waals surface area contributed by atoms with Gasteiger partial charge < -0.3 is 0 Å². The van der Waals surface area contributed by atoms with Crippen LogP contribution >= 0.6 is 0 Å². The molecule has 0 aromatic carbocycles. The van der Waals surface area contributed by atoms with Gasteiger partial charge in [-0.1, -0.05) is 13.8 Å². The molecular formula is C8H16O4. The van der Waals surface area contributed by atoms with Crippen LogP contribution in [0.2, 0.25) is 0 Å². The molecule has 0 radical (unpaired) electrons. The number of rotatable bonds is 2. The molecule has 0 N–H and O–H groups in total. The molecule has 0 aromatic heterocycles. The number of hydrogen-bond donors (Lipinski definition) is 0. The van der Waals surface area contributed by atoms with E-state index in [2.05, 4.69) is 0 Å². The maximum Gasteiger partial charge on any atom is 0.231 e. The van der Waals surface area contributed by atoms with E-state index in [0.29, 0.717) is 12.8 Å². The van der Waals surface area contributed by atoms with Crippen molar-refractivity contribution in [1.29, 1.82) is 0 Å². The number of hydrogen-bond acceptors (Lipinski definition) is 4. The highest BCUT2D eigenvalue weighted by molar-refractivity contribution is 4.62. The molecule has 12 heavy (non-hydrogen) atoms. The van der Waals surface area contributed by atoms with Gasteiger partial charge in [-0.15, -0.1) is 0 Å². The summed E-state index contributed by atoms with van der Waals surface area (Å²) in [6, 6.07) is 0. The average molecular weight is 176 g/mol. The van der Waals surface area contributed by atoms with Crippen molar-refractivity contribution in [2.75, 3.05) is 0 Å². The van der Waals surface area contributed by atoms with Crippen molar-refractivity contribution in [1.82, 2.24) is 0 Å². The maximum absolute atomic E-state index is 5.07. The Kier molecular flexibility index (Phi) is 2.73. The molecule has 0 amide bonds. The predicted molar refractivity (Wildman–Crippen MR) is 41.7 cm³/mol. The lowest BCUT2D eigenvalue weighted by molar-refractivity contribution is -0.651. The molecule has 0 atom stereocenters. The van der Waals surface area contributed by atoms with Gasteiger partial charge in [0.25, 0.3) is 0 Å². The molecule has 1 rings (SSSR count). The summed E-state index contributed by atoms with van der Waals surface area (Å²) < 4.78 is 0. The summed E-state index contributed by atoms with van der Waals surface area (Å²) >= 11 is 0. The van der Waals surface area contributed by atoms with Crippen molar-refractivity contribution in [2.45, 2.75) is 52.1 Å². The molecule has 72 valence electrons. The largest absolute Gasteiger partial charge is 0.231 e. The van der Waals surface area contributed by atoms with Crippen LogP contribution in [0.15, 0.2) is 0 Å². The Morgan fingerprint density at radius 3 is 1.17 bits per heavy atom. The third-order valence-electron chi connectivity index (χ3n) is 2.07. The zero-order valence-corrected chi connectivity index (χ0v) is 8.05. The summed E-state index contributed by atoms with van der Waals surface area (Å²) in [6.45, 7) is 7.40. The topological polar surface area (TPSA) is 36.9 Å². The van der Waals surface area contributed by atoms with Crippen LogP contribution in [0.3, 0.4) is 0 Å². The summed E-state index contributed by atoms with van der Waals surface area (Å²) in [7, 11) is 0.